The molecule has 1 unspecified atom stereocenters. The van der Waals surface area contributed by atoms with Crippen molar-refractivity contribution in [3.63, 3.8) is 0 Å². The van der Waals surface area contributed by atoms with Crippen molar-refractivity contribution in [2.24, 2.45) is 0 Å². The Balaban J connectivity index is 6.85. The Labute approximate surface area is 125 Å². The SMILES string of the molecule is O=C([O-])C(F)(C(F)(F)C(F)(F)F)C(F)(F)C(F)(F)C(F)(F)C(F)(F)F. The van der Waals surface area contributed by atoms with Gasteiger partial charge in [-0.1, -0.05) is 0 Å². The number of alkyl halides is 15. The molecule has 0 spiro atoms. The molecule has 0 heterocycles. The quantitative estimate of drug-likeness (QED) is 0.651. The highest BCUT2D eigenvalue weighted by molar-refractivity contribution is 5.79. The number of hydrogen-bond acceptors (Lipinski definition) is 2. The van der Waals surface area contributed by atoms with Crippen molar-refractivity contribution in [2.45, 2.75) is 41.7 Å². The first-order chi connectivity index (χ1) is 10.4. The Bertz CT molecular complexity index is 529. The molecule has 0 fully saturated rings. The van der Waals surface area contributed by atoms with Crippen molar-refractivity contribution >= 4 is 5.97 Å². The summed E-state index contributed by atoms with van der Waals surface area (Å²) < 4.78 is 186. The molecule has 0 N–H and O–H groups in total. The molecule has 2 nitrogen and oxygen atoms in total. The van der Waals surface area contributed by atoms with Gasteiger partial charge in [0.2, 0.25) is 0 Å². The Morgan fingerprint density at radius 3 is 0.960 bits per heavy atom. The molecule has 0 bridgehead atoms. The molecule has 0 amide bonds. The number of aliphatic carboxylic acids is 1. The lowest BCUT2D eigenvalue weighted by Crippen LogP contribution is -2.78. The van der Waals surface area contributed by atoms with E-state index in [0.717, 1.165) is 0 Å². The number of hydrogen-bond donors (Lipinski definition) is 0. The van der Waals surface area contributed by atoms with Crippen molar-refractivity contribution < 1.29 is 75.8 Å². The number of carboxylic acids is 1. The van der Waals surface area contributed by atoms with Crippen LogP contribution in [0.5, 0.6) is 0 Å². The second kappa shape index (κ2) is 5.46. The van der Waals surface area contributed by atoms with E-state index in [4.69, 9.17) is 0 Å². The summed E-state index contributed by atoms with van der Waals surface area (Å²) in [5.41, 5.74) is -8.03. The summed E-state index contributed by atoms with van der Waals surface area (Å²) in [5, 5.41) is 9.98. The van der Waals surface area contributed by atoms with Crippen LogP contribution in [0, 0.1) is 0 Å². The maximum atomic E-state index is 13.3. The van der Waals surface area contributed by atoms with E-state index >= 15 is 0 Å². The molecule has 0 aliphatic carbocycles. The van der Waals surface area contributed by atoms with Gasteiger partial charge in [-0.05, 0) is 0 Å². The van der Waals surface area contributed by atoms with Crippen LogP contribution in [0.1, 0.15) is 0 Å². The lowest BCUT2D eigenvalue weighted by Gasteiger charge is -2.44. The Kier molecular flexibility index (Phi) is 5.11. The van der Waals surface area contributed by atoms with Crippen LogP contribution in [0.4, 0.5) is 65.9 Å². The van der Waals surface area contributed by atoms with E-state index in [1.165, 1.54) is 0 Å². The van der Waals surface area contributed by atoms with Crippen LogP contribution in [0.15, 0.2) is 0 Å². The Morgan fingerprint density at radius 2 is 0.760 bits per heavy atom. The minimum Gasteiger partial charge on any atom is -0.546 e. The smallest absolute Gasteiger partial charge is 0.460 e. The van der Waals surface area contributed by atoms with Gasteiger partial charge in [-0.2, -0.15) is 61.5 Å². The van der Waals surface area contributed by atoms with Crippen LogP contribution < -0.4 is 5.11 Å². The Hall–Kier alpha value is -1.58. The molecule has 17 heteroatoms. The van der Waals surface area contributed by atoms with Crippen molar-refractivity contribution in [1.29, 1.82) is 0 Å². The summed E-state index contributed by atoms with van der Waals surface area (Å²) >= 11 is 0. The van der Waals surface area contributed by atoms with Gasteiger partial charge in [0.1, 0.15) is 0 Å². The fourth-order valence-electron chi connectivity index (χ4n) is 1.24. The average Bonchev–Trinajstić information content (AvgIpc) is 2.33. The second-order valence-electron chi connectivity index (χ2n) is 4.24. The van der Waals surface area contributed by atoms with Gasteiger partial charge in [-0.15, -0.1) is 0 Å². The van der Waals surface area contributed by atoms with E-state index in [2.05, 4.69) is 0 Å². The van der Waals surface area contributed by atoms with Gasteiger partial charge in [-0.25, -0.2) is 4.39 Å². The van der Waals surface area contributed by atoms with Gasteiger partial charge in [0, 0.05) is 0 Å². The molecule has 25 heavy (non-hydrogen) atoms. The molecule has 0 aliphatic rings. The van der Waals surface area contributed by atoms with E-state index in [0.29, 0.717) is 0 Å². The summed E-state index contributed by atoms with van der Waals surface area (Å²) in [6.07, 6.45) is -15.4. The first kappa shape index (κ1) is 23.4. The van der Waals surface area contributed by atoms with Crippen molar-refractivity contribution in [3.8, 4) is 0 Å². The maximum Gasteiger partial charge on any atom is 0.460 e. The molecule has 0 saturated heterocycles. The minimum atomic E-state index is -8.45. The molecule has 0 aromatic heterocycles. The normalized spacial score (nSPS) is 18.0. The molecular weight excluding hydrogens is 413 g/mol. The molecule has 0 aliphatic heterocycles. The highest BCUT2D eigenvalue weighted by Crippen LogP contribution is 2.61. The first-order valence-corrected chi connectivity index (χ1v) is 4.99. The van der Waals surface area contributed by atoms with Crippen LogP contribution in [0.2, 0.25) is 0 Å². The predicted molar refractivity (Wildman–Crippen MR) is 40.7 cm³/mol. The molecule has 0 radical (unpaired) electrons. The van der Waals surface area contributed by atoms with E-state index in [1.807, 2.05) is 0 Å². The zero-order chi connectivity index (χ0) is 21.1. The summed E-state index contributed by atoms with van der Waals surface area (Å²) in [4.78, 5) is 9.98. The number of carbonyl (C=O) groups excluding carboxylic acids is 1. The molecule has 0 saturated carbocycles. The van der Waals surface area contributed by atoms with Crippen LogP contribution in [0.3, 0.4) is 0 Å². The van der Waals surface area contributed by atoms with Crippen LogP contribution in [-0.4, -0.2) is 47.7 Å². The summed E-state index contributed by atoms with van der Waals surface area (Å²) in [7, 11) is 0. The lowest BCUT2D eigenvalue weighted by atomic mass is 9.83. The lowest BCUT2D eigenvalue weighted by molar-refractivity contribution is -0.447. The number of carboxylic acid groups (broad SMARTS) is 1. The molecule has 0 aromatic carbocycles. The van der Waals surface area contributed by atoms with Gasteiger partial charge in [0.05, 0.1) is 5.97 Å². The maximum absolute atomic E-state index is 13.3. The monoisotopic (exact) mass is 413 g/mol. The van der Waals surface area contributed by atoms with E-state index < -0.39 is 47.7 Å². The molecular formula is C8F15O2-. The van der Waals surface area contributed by atoms with Crippen molar-refractivity contribution in [1.82, 2.24) is 0 Å². The fraction of sp³-hybridized carbons (Fsp3) is 0.875. The second-order valence-corrected chi connectivity index (χ2v) is 4.24. The third-order valence-electron chi connectivity index (χ3n) is 2.65. The molecule has 1 atom stereocenters. The van der Waals surface area contributed by atoms with E-state index in [1.54, 1.807) is 0 Å². The third-order valence-corrected chi connectivity index (χ3v) is 2.65. The van der Waals surface area contributed by atoms with Crippen LogP contribution in [0.25, 0.3) is 0 Å². The van der Waals surface area contributed by atoms with E-state index in [-0.39, 0.29) is 0 Å². The minimum absolute atomic E-state index is 5.02. The number of rotatable bonds is 5. The largest absolute Gasteiger partial charge is 0.546 e. The topological polar surface area (TPSA) is 40.1 Å². The van der Waals surface area contributed by atoms with E-state index in [9.17, 15) is 75.8 Å². The molecule has 150 valence electrons. The standard InChI is InChI=1S/C8HF15O2/c9-2(1(24)25,4(12,13)7(18,19)20)3(10,11)5(14,15)6(16,17)8(21,22)23/h(H,24,25)/p-1. The summed E-state index contributed by atoms with van der Waals surface area (Å²) in [5.74, 6) is -38.0. The number of carbonyl (C=O) groups is 1. The highest BCUT2D eigenvalue weighted by atomic mass is 19.4. The average molecular weight is 413 g/mol. The van der Waals surface area contributed by atoms with Crippen LogP contribution in [-0.2, 0) is 4.79 Å². The zero-order valence-electron chi connectivity index (χ0n) is 10.5. The van der Waals surface area contributed by atoms with Gasteiger partial charge < -0.3 is 9.90 Å². The first-order valence-electron chi connectivity index (χ1n) is 4.99. The van der Waals surface area contributed by atoms with Gasteiger partial charge in [-0.3, -0.25) is 0 Å². The summed E-state index contributed by atoms with van der Waals surface area (Å²) in [6, 6.07) is 0. The predicted octanol–water partition coefficient (Wildman–Crippen LogP) is 3.11. The van der Waals surface area contributed by atoms with Crippen LogP contribution >= 0.6 is 0 Å². The highest BCUT2D eigenvalue weighted by Gasteiger charge is 2.93. The van der Waals surface area contributed by atoms with Gasteiger partial charge in [0.15, 0.2) is 0 Å². The third kappa shape index (κ3) is 2.74. The molecule has 0 rings (SSSR count). The Morgan fingerprint density at radius 1 is 0.480 bits per heavy atom. The fourth-order valence-corrected chi connectivity index (χ4v) is 1.24. The van der Waals surface area contributed by atoms with Crippen molar-refractivity contribution in [3.05, 3.63) is 0 Å². The summed E-state index contributed by atoms with van der Waals surface area (Å²) in [6.45, 7) is 0. The molecule has 0 aromatic rings. The number of halogens is 15. The van der Waals surface area contributed by atoms with Gasteiger partial charge >= 0.3 is 36.0 Å². The van der Waals surface area contributed by atoms with Crippen molar-refractivity contribution in [2.75, 3.05) is 0 Å². The van der Waals surface area contributed by atoms with Gasteiger partial charge in [0.25, 0.3) is 5.67 Å². The zero-order valence-corrected chi connectivity index (χ0v) is 10.5.